The van der Waals surface area contributed by atoms with Crippen molar-refractivity contribution in [3.8, 4) is 0 Å². The van der Waals surface area contributed by atoms with Gasteiger partial charge in [0.15, 0.2) is 0 Å². The molecule has 0 aliphatic carbocycles. The van der Waals surface area contributed by atoms with Crippen LogP contribution < -0.4 is 0 Å². The van der Waals surface area contributed by atoms with Crippen molar-refractivity contribution in [2.45, 2.75) is 0 Å². The molecule has 2 aromatic rings. The Morgan fingerprint density at radius 1 is 1.00 bits per heavy atom. The lowest BCUT2D eigenvalue weighted by Gasteiger charge is -2.07. The second-order valence-corrected chi connectivity index (χ2v) is 3.87. The van der Waals surface area contributed by atoms with E-state index in [1.165, 1.54) is 12.1 Å². The summed E-state index contributed by atoms with van der Waals surface area (Å²) in [4.78, 5) is 0. The first-order valence-corrected chi connectivity index (χ1v) is 5.26. The standard InChI is InChI=1S/C14H10ClF/c1-10(11-6-8-12(16)9-7-11)13-4-2-3-5-14(13)15/h2-9H,1H2. The van der Waals surface area contributed by atoms with Gasteiger partial charge in [-0.2, -0.15) is 0 Å². The van der Waals surface area contributed by atoms with Gasteiger partial charge in [0.05, 0.1) is 0 Å². The van der Waals surface area contributed by atoms with Crippen LogP contribution in [0.2, 0.25) is 5.02 Å². The van der Waals surface area contributed by atoms with Crippen LogP contribution in [0, 0.1) is 5.82 Å². The summed E-state index contributed by atoms with van der Waals surface area (Å²) in [6.07, 6.45) is 0. The first-order valence-electron chi connectivity index (χ1n) is 4.88. The molecule has 0 aliphatic rings. The lowest BCUT2D eigenvalue weighted by Crippen LogP contribution is -1.87. The molecule has 0 aliphatic heterocycles. The van der Waals surface area contributed by atoms with Crippen LogP contribution in [0.5, 0.6) is 0 Å². The lowest BCUT2D eigenvalue weighted by molar-refractivity contribution is 0.627. The number of hydrogen-bond donors (Lipinski definition) is 0. The second-order valence-electron chi connectivity index (χ2n) is 3.47. The van der Waals surface area contributed by atoms with E-state index in [4.69, 9.17) is 11.6 Å². The molecule has 16 heavy (non-hydrogen) atoms. The van der Waals surface area contributed by atoms with Crippen molar-refractivity contribution in [2.75, 3.05) is 0 Å². The van der Waals surface area contributed by atoms with E-state index in [2.05, 4.69) is 6.58 Å². The summed E-state index contributed by atoms with van der Waals surface area (Å²) in [5.74, 6) is -0.254. The van der Waals surface area contributed by atoms with E-state index >= 15 is 0 Å². The Bertz CT molecular complexity index is 515. The topological polar surface area (TPSA) is 0 Å². The molecular weight excluding hydrogens is 223 g/mol. The van der Waals surface area contributed by atoms with Gasteiger partial charge in [0, 0.05) is 10.6 Å². The number of rotatable bonds is 2. The molecule has 0 N–H and O–H groups in total. The van der Waals surface area contributed by atoms with Gasteiger partial charge in [0.2, 0.25) is 0 Å². The quantitative estimate of drug-likeness (QED) is 0.713. The van der Waals surface area contributed by atoms with Gasteiger partial charge in [-0.05, 0) is 29.3 Å². The van der Waals surface area contributed by atoms with Crippen LogP contribution in [0.25, 0.3) is 5.57 Å². The monoisotopic (exact) mass is 232 g/mol. The largest absolute Gasteiger partial charge is 0.207 e. The van der Waals surface area contributed by atoms with Gasteiger partial charge in [-0.3, -0.25) is 0 Å². The molecule has 0 nitrogen and oxygen atoms in total. The first kappa shape index (κ1) is 10.9. The van der Waals surface area contributed by atoms with Gasteiger partial charge < -0.3 is 0 Å². The normalized spacial score (nSPS) is 10.1. The van der Waals surface area contributed by atoms with Crippen molar-refractivity contribution in [1.82, 2.24) is 0 Å². The van der Waals surface area contributed by atoms with Crippen LogP contribution in [-0.2, 0) is 0 Å². The molecule has 0 radical (unpaired) electrons. The molecule has 0 unspecified atom stereocenters. The van der Waals surface area contributed by atoms with E-state index in [0.717, 1.165) is 16.7 Å². The summed E-state index contributed by atoms with van der Waals surface area (Å²) >= 11 is 6.07. The van der Waals surface area contributed by atoms with Crippen LogP contribution in [-0.4, -0.2) is 0 Å². The predicted molar refractivity (Wildman–Crippen MR) is 66.0 cm³/mol. The molecule has 80 valence electrons. The molecule has 0 amide bonds. The Kier molecular flexibility index (Phi) is 3.07. The van der Waals surface area contributed by atoms with Crippen molar-refractivity contribution < 1.29 is 4.39 Å². The third kappa shape index (κ3) is 2.15. The van der Waals surface area contributed by atoms with E-state index in [1.54, 1.807) is 12.1 Å². The predicted octanol–water partition coefficient (Wildman–Crippen LogP) is 4.54. The van der Waals surface area contributed by atoms with E-state index < -0.39 is 0 Å². The fraction of sp³-hybridized carbons (Fsp3) is 0. The van der Waals surface area contributed by atoms with Crippen molar-refractivity contribution >= 4 is 17.2 Å². The number of hydrogen-bond acceptors (Lipinski definition) is 0. The van der Waals surface area contributed by atoms with Crippen LogP contribution in [0.15, 0.2) is 55.1 Å². The maximum absolute atomic E-state index is 12.8. The van der Waals surface area contributed by atoms with Gasteiger partial charge in [-0.15, -0.1) is 0 Å². The van der Waals surface area contributed by atoms with Crippen LogP contribution in [0.1, 0.15) is 11.1 Å². The zero-order valence-corrected chi connectivity index (χ0v) is 9.34. The fourth-order valence-electron chi connectivity index (χ4n) is 1.51. The van der Waals surface area contributed by atoms with Crippen molar-refractivity contribution in [3.05, 3.63) is 77.1 Å². The van der Waals surface area contributed by atoms with Gasteiger partial charge in [0.25, 0.3) is 0 Å². The second kappa shape index (κ2) is 4.50. The summed E-state index contributed by atoms with van der Waals surface area (Å²) in [5, 5.41) is 0.650. The minimum Gasteiger partial charge on any atom is -0.207 e. The Balaban J connectivity index is 2.40. The molecule has 0 spiro atoms. The van der Waals surface area contributed by atoms with E-state index in [9.17, 15) is 4.39 Å². The summed E-state index contributed by atoms with van der Waals surface area (Å²) in [6.45, 7) is 3.98. The van der Waals surface area contributed by atoms with E-state index in [1.807, 2.05) is 24.3 Å². The van der Waals surface area contributed by atoms with Crippen molar-refractivity contribution in [1.29, 1.82) is 0 Å². The molecule has 0 saturated heterocycles. The highest BCUT2D eigenvalue weighted by atomic mass is 35.5. The minimum atomic E-state index is -0.254. The fourth-order valence-corrected chi connectivity index (χ4v) is 1.76. The summed E-state index contributed by atoms with van der Waals surface area (Å²) in [7, 11) is 0. The Morgan fingerprint density at radius 3 is 2.25 bits per heavy atom. The maximum atomic E-state index is 12.8. The molecule has 2 heteroatoms. The first-order chi connectivity index (χ1) is 7.68. The average molecular weight is 233 g/mol. The van der Waals surface area contributed by atoms with Gasteiger partial charge in [0.1, 0.15) is 5.82 Å². The van der Waals surface area contributed by atoms with Crippen LogP contribution in [0.4, 0.5) is 4.39 Å². The minimum absolute atomic E-state index is 0.254. The van der Waals surface area contributed by atoms with Crippen molar-refractivity contribution in [3.63, 3.8) is 0 Å². The Morgan fingerprint density at radius 2 is 1.62 bits per heavy atom. The van der Waals surface area contributed by atoms with Gasteiger partial charge >= 0.3 is 0 Å². The van der Waals surface area contributed by atoms with E-state index in [0.29, 0.717) is 5.02 Å². The molecule has 0 saturated carbocycles. The Hall–Kier alpha value is -1.60. The number of benzene rings is 2. The smallest absolute Gasteiger partial charge is 0.123 e. The molecular formula is C14H10ClF. The Labute approximate surface area is 99.0 Å². The summed E-state index contributed by atoms with van der Waals surface area (Å²) in [5.41, 5.74) is 2.54. The molecule has 0 heterocycles. The third-order valence-electron chi connectivity index (χ3n) is 2.39. The SMILES string of the molecule is C=C(c1ccc(F)cc1)c1ccccc1Cl. The van der Waals surface area contributed by atoms with Gasteiger partial charge in [-0.1, -0.05) is 48.5 Å². The molecule has 0 atom stereocenters. The summed E-state index contributed by atoms with van der Waals surface area (Å²) < 4.78 is 12.8. The average Bonchev–Trinajstić information content (AvgIpc) is 2.30. The van der Waals surface area contributed by atoms with E-state index in [-0.39, 0.29) is 5.82 Å². The molecule has 0 fully saturated rings. The zero-order chi connectivity index (χ0) is 11.5. The molecule has 2 aromatic carbocycles. The van der Waals surface area contributed by atoms with Gasteiger partial charge in [-0.25, -0.2) is 4.39 Å². The molecule has 0 aromatic heterocycles. The molecule has 2 rings (SSSR count). The number of halogens is 2. The highest BCUT2D eigenvalue weighted by Gasteiger charge is 2.05. The molecule has 0 bridgehead atoms. The van der Waals surface area contributed by atoms with Crippen LogP contribution in [0.3, 0.4) is 0 Å². The van der Waals surface area contributed by atoms with Crippen LogP contribution >= 0.6 is 11.6 Å². The summed E-state index contributed by atoms with van der Waals surface area (Å²) in [6, 6.07) is 13.7. The highest BCUT2D eigenvalue weighted by molar-refractivity contribution is 6.32. The lowest BCUT2D eigenvalue weighted by atomic mass is 10.00. The highest BCUT2D eigenvalue weighted by Crippen LogP contribution is 2.27. The maximum Gasteiger partial charge on any atom is 0.123 e. The third-order valence-corrected chi connectivity index (χ3v) is 2.72. The van der Waals surface area contributed by atoms with Crippen molar-refractivity contribution in [2.24, 2.45) is 0 Å². The zero-order valence-electron chi connectivity index (χ0n) is 8.58.